The van der Waals surface area contributed by atoms with Crippen molar-refractivity contribution in [1.29, 1.82) is 5.26 Å². The normalized spacial score (nSPS) is 15.1. The number of aromatic nitrogens is 2. The fourth-order valence-electron chi connectivity index (χ4n) is 4.12. The summed E-state index contributed by atoms with van der Waals surface area (Å²) in [6.45, 7) is 4.17. The zero-order chi connectivity index (χ0) is 23.4. The maximum Gasteiger partial charge on any atom is 0.233 e. The van der Waals surface area contributed by atoms with Gasteiger partial charge in [0, 0.05) is 24.2 Å². The number of hydrogen-bond acceptors (Lipinski definition) is 7. The van der Waals surface area contributed by atoms with Gasteiger partial charge in [0.25, 0.3) is 0 Å². The highest BCUT2D eigenvalue weighted by molar-refractivity contribution is 7.17. The van der Waals surface area contributed by atoms with Gasteiger partial charge in [-0.1, -0.05) is 29.5 Å². The fraction of sp³-hybridized carbons (Fsp3) is 0.360. The predicted octanol–water partition coefficient (Wildman–Crippen LogP) is 4.24. The van der Waals surface area contributed by atoms with E-state index in [-0.39, 0.29) is 18.1 Å². The molecule has 170 valence electrons. The lowest BCUT2D eigenvalue weighted by molar-refractivity contribution is -0.119. The molecule has 2 aromatic carbocycles. The van der Waals surface area contributed by atoms with Crippen LogP contribution in [0.25, 0.3) is 21.1 Å². The van der Waals surface area contributed by atoms with E-state index in [9.17, 15) is 10.1 Å². The van der Waals surface area contributed by atoms with Crippen LogP contribution < -0.4 is 15.4 Å². The lowest BCUT2D eigenvalue weighted by Crippen LogP contribution is -2.35. The zero-order valence-corrected chi connectivity index (χ0v) is 19.8. The Hall–Kier alpha value is -3.28. The second-order valence-electron chi connectivity index (χ2n) is 8.27. The average Bonchev–Trinajstić information content (AvgIpc) is 3.32. The number of carbonyl (C=O) groups excluding carboxylic acids is 1. The lowest BCUT2D eigenvalue weighted by Gasteiger charge is -2.27. The highest BCUT2D eigenvalue weighted by Gasteiger charge is 2.24. The van der Waals surface area contributed by atoms with Gasteiger partial charge in [-0.05, 0) is 62.4 Å². The molecule has 1 amide bonds. The van der Waals surface area contributed by atoms with Crippen molar-refractivity contribution >= 4 is 17.2 Å². The first kappa shape index (κ1) is 22.9. The van der Waals surface area contributed by atoms with Gasteiger partial charge in [-0.15, -0.1) is 10.2 Å². The van der Waals surface area contributed by atoms with Crippen molar-refractivity contribution < 1.29 is 9.53 Å². The molecule has 1 aliphatic rings. The van der Waals surface area contributed by atoms with Crippen molar-refractivity contribution in [3.8, 4) is 33.0 Å². The van der Waals surface area contributed by atoms with E-state index < -0.39 is 0 Å². The molecule has 0 radical (unpaired) electrons. The number of carbonyl (C=O) groups is 1. The molecule has 2 N–H and O–H groups in total. The fourth-order valence-corrected chi connectivity index (χ4v) is 5.01. The maximum absolute atomic E-state index is 11.7. The van der Waals surface area contributed by atoms with Crippen molar-refractivity contribution in [2.45, 2.75) is 45.3 Å². The van der Waals surface area contributed by atoms with E-state index in [0.29, 0.717) is 17.9 Å². The van der Waals surface area contributed by atoms with Crippen LogP contribution in [0.5, 0.6) is 5.75 Å². The number of likely N-dealkylation sites (N-methyl/N-ethyl adjacent to an activating group) is 1. The summed E-state index contributed by atoms with van der Waals surface area (Å²) >= 11 is 1.52. The minimum atomic E-state index is -0.0198. The van der Waals surface area contributed by atoms with E-state index in [1.54, 1.807) is 13.1 Å². The van der Waals surface area contributed by atoms with E-state index in [1.807, 2.05) is 32.0 Å². The highest BCUT2D eigenvalue weighted by Crippen LogP contribution is 2.39. The Labute approximate surface area is 197 Å². The van der Waals surface area contributed by atoms with Crippen LogP contribution in [0.4, 0.5) is 0 Å². The van der Waals surface area contributed by atoms with Crippen LogP contribution in [-0.2, 0) is 11.2 Å². The molecule has 1 aromatic heterocycles. The number of rotatable bonds is 7. The van der Waals surface area contributed by atoms with Crippen LogP contribution >= 0.6 is 11.3 Å². The molecule has 4 rings (SSSR count). The largest absolute Gasteiger partial charge is 0.490 e. The Bertz CT molecular complexity index is 1200. The molecule has 7 nitrogen and oxygen atoms in total. The Morgan fingerprint density at radius 2 is 2.09 bits per heavy atom. The van der Waals surface area contributed by atoms with Crippen molar-refractivity contribution in [3.05, 3.63) is 53.1 Å². The third-order valence-electron chi connectivity index (χ3n) is 5.66. The molecule has 0 saturated heterocycles. The van der Waals surface area contributed by atoms with Crippen molar-refractivity contribution in [3.63, 3.8) is 0 Å². The number of hydrogen-bond donors (Lipinski definition) is 2. The van der Waals surface area contributed by atoms with E-state index in [0.717, 1.165) is 40.4 Å². The summed E-state index contributed by atoms with van der Waals surface area (Å²) in [5.41, 5.74) is 4.91. The van der Waals surface area contributed by atoms with Gasteiger partial charge < -0.3 is 15.4 Å². The summed E-state index contributed by atoms with van der Waals surface area (Å²) in [7, 11) is 1.65. The third kappa shape index (κ3) is 5.05. The molecule has 0 aliphatic heterocycles. The average molecular weight is 462 g/mol. The summed E-state index contributed by atoms with van der Waals surface area (Å²) in [6.07, 6.45) is 3.01. The molecule has 0 saturated carbocycles. The van der Waals surface area contributed by atoms with Gasteiger partial charge in [0.15, 0.2) is 0 Å². The standard InChI is InChI=1S/C25H27N5O2S/c1-15(2)32-22-11-10-16(12-17(22)13-26)24-29-30-25(33-24)20-8-4-7-19-18(20)6-5-9-21(19)28-14-23(31)27-3/h4,7-8,10-12,15,21,28H,5-6,9,14H2,1-3H3,(H,27,31)/t21-/m1/s1. The minimum absolute atomic E-state index is 0.00462. The zero-order valence-electron chi connectivity index (χ0n) is 19.0. The molecule has 1 heterocycles. The number of ether oxygens (including phenoxy) is 1. The summed E-state index contributed by atoms with van der Waals surface area (Å²) < 4.78 is 5.73. The third-order valence-corrected chi connectivity index (χ3v) is 6.67. The van der Waals surface area contributed by atoms with Crippen molar-refractivity contribution in [1.82, 2.24) is 20.8 Å². The summed E-state index contributed by atoms with van der Waals surface area (Å²) in [5.74, 6) is 0.557. The number of benzene rings is 2. The second-order valence-corrected chi connectivity index (χ2v) is 9.25. The molecular weight excluding hydrogens is 434 g/mol. The first-order valence-corrected chi connectivity index (χ1v) is 11.9. The number of nitrogens with zero attached hydrogens (tertiary/aromatic N) is 3. The van der Waals surface area contributed by atoms with Gasteiger partial charge in [-0.25, -0.2) is 0 Å². The quantitative estimate of drug-likeness (QED) is 0.546. The first-order valence-electron chi connectivity index (χ1n) is 11.1. The second kappa shape index (κ2) is 10.1. The Morgan fingerprint density at radius 3 is 2.85 bits per heavy atom. The van der Waals surface area contributed by atoms with E-state index in [1.165, 1.54) is 22.5 Å². The molecular formula is C25H27N5O2S. The lowest BCUT2D eigenvalue weighted by atomic mass is 9.85. The monoisotopic (exact) mass is 461 g/mol. The smallest absolute Gasteiger partial charge is 0.233 e. The summed E-state index contributed by atoms with van der Waals surface area (Å²) in [5, 5.41) is 26.1. The van der Waals surface area contributed by atoms with Crippen LogP contribution in [-0.4, -0.2) is 35.8 Å². The van der Waals surface area contributed by atoms with Gasteiger partial charge in [-0.3, -0.25) is 4.79 Å². The number of nitriles is 1. The van der Waals surface area contributed by atoms with Crippen LogP contribution in [0.1, 0.15) is 49.4 Å². The van der Waals surface area contributed by atoms with Crippen molar-refractivity contribution in [2.75, 3.05) is 13.6 Å². The Balaban J connectivity index is 1.62. The topological polar surface area (TPSA) is 99.9 Å². The molecule has 33 heavy (non-hydrogen) atoms. The number of fused-ring (bicyclic) bond motifs is 1. The molecule has 8 heteroatoms. The maximum atomic E-state index is 11.7. The molecule has 3 aromatic rings. The molecule has 0 bridgehead atoms. The molecule has 1 atom stereocenters. The molecule has 0 unspecified atom stereocenters. The summed E-state index contributed by atoms with van der Waals surface area (Å²) in [6, 6.07) is 14.2. The Kier molecular flexibility index (Phi) is 7.02. The van der Waals surface area contributed by atoms with Crippen LogP contribution in [0.3, 0.4) is 0 Å². The summed E-state index contributed by atoms with van der Waals surface area (Å²) in [4.78, 5) is 11.7. The molecule has 0 fully saturated rings. The van der Waals surface area contributed by atoms with Gasteiger partial charge in [-0.2, -0.15) is 5.26 Å². The number of nitrogens with one attached hydrogen (secondary N) is 2. The van der Waals surface area contributed by atoms with Crippen molar-refractivity contribution in [2.24, 2.45) is 0 Å². The Morgan fingerprint density at radius 1 is 1.27 bits per heavy atom. The van der Waals surface area contributed by atoms with Gasteiger partial charge in [0.05, 0.1) is 18.2 Å². The van der Waals surface area contributed by atoms with E-state index in [2.05, 4.69) is 39.0 Å². The molecule has 0 spiro atoms. The minimum Gasteiger partial charge on any atom is -0.490 e. The van der Waals surface area contributed by atoms with E-state index >= 15 is 0 Å². The highest BCUT2D eigenvalue weighted by atomic mass is 32.1. The first-order chi connectivity index (χ1) is 16.0. The van der Waals surface area contributed by atoms with Gasteiger partial charge >= 0.3 is 0 Å². The molecule has 1 aliphatic carbocycles. The SMILES string of the molecule is CNC(=O)CN[C@@H]1CCCc2c(-c3nnc(-c4ccc(OC(C)C)c(C#N)c4)s3)cccc21. The number of amides is 1. The predicted molar refractivity (Wildman–Crippen MR) is 129 cm³/mol. The van der Waals surface area contributed by atoms with Gasteiger partial charge in [0.1, 0.15) is 21.8 Å². The van der Waals surface area contributed by atoms with Crippen LogP contribution in [0, 0.1) is 11.3 Å². The van der Waals surface area contributed by atoms with Crippen LogP contribution in [0.2, 0.25) is 0 Å². The van der Waals surface area contributed by atoms with Gasteiger partial charge in [0.2, 0.25) is 5.91 Å². The van der Waals surface area contributed by atoms with Crippen LogP contribution in [0.15, 0.2) is 36.4 Å². The van der Waals surface area contributed by atoms with E-state index in [4.69, 9.17) is 4.74 Å².